The van der Waals surface area contributed by atoms with E-state index in [9.17, 15) is 23.6 Å². The molecule has 10 heteroatoms. The van der Waals surface area contributed by atoms with Crippen LogP contribution in [-0.4, -0.2) is 63.9 Å². The maximum absolute atomic E-state index is 13.3. The van der Waals surface area contributed by atoms with Crippen LogP contribution in [0.15, 0.2) is 54.7 Å². The molecule has 1 fully saturated rings. The maximum Gasteiger partial charge on any atom is 0.305 e. The van der Waals surface area contributed by atoms with E-state index in [-0.39, 0.29) is 5.91 Å². The SMILES string of the molecule is O=C(O)CC(NC(=O)[C@@H]1CCCCN1C(=O)c1ccc(NCc2c[nH]c3ccccc23)cc1)C(=O)CF. The van der Waals surface area contributed by atoms with E-state index >= 15 is 0 Å². The number of amides is 2. The molecule has 1 saturated heterocycles. The number of rotatable bonds is 10. The monoisotopic (exact) mass is 508 g/mol. The van der Waals surface area contributed by atoms with Crippen molar-refractivity contribution in [1.29, 1.82) is 0 Å². The molecule has 1 unspecified atom stereocenters. The summed E-state index contributed by atoms with van der Waals surface area (Å²) in [7, 11) is 0. The third-order valence-corrected chi connectivity index (χ3v) is 6.57. The molecule has 0 spiro atoms. The number of Topliss-reactive ketones (excluding diaryl/α,β-unsaturated/α-hetero) is 1. The van der Waals surface area contributed by atoms with Crippen LogP contribution in [0.2, 0.25) is 0 Å². The number of anilines is 1. The minimum atomic E-state index is -1.48. The van der Waals surface area contributed by atoms with E-state index in [1.165, 1.54) is 4.90 Å². The van der Waals surface area contributed by atoms with Crippen molar-refractivity contribution in [2.45, 2.75) is 44.3 Å². The summed E-state index contributed by atoms with van der Waals surface area (Å²) < 4.78 is 12.9. The number of carboxylic acid groups (broad SMARTS) is 1. The number of aliphatic carboxylic acids is 1. The van der Waals surface area contributed by atoms with Crippen molar-refractivity contribution in [1.82, 2.24) is 15.2 Å². The van der Waals surface area contributed by atoms with Crippen molar-refractivity contribution >= 4 is 40.2 Å². The number of carbonyl (C=O) groups excluding carboxylic acids is 3. The van der Waals surface area contributed by atoms with Gasteiger partial charge in [0.15, 0.2) is 5.78 Å². The van der Waals surface area contributed by atoms with E-state index in [0.717, 1.165) is 22.2 Å². The molecule has 0 bridgehead atoms. The van der Waals surface area contributed by atoms with Gasteiger partial charge in [-0.05, 0) is 55.2 Å². The lowest BCUT2D eigenvalue weighted by molar-refractivity contribution is -0.140. The van der Waals surface area contributed by atoms with Crippen molar-refractivity contribution in [2.24, 2.45) is 0 Å². The zero-order valence-electron chi connectivity index (χ0n) is 20.2. The highest BCUT2D eigenvalue weighted by Gasteiger charge is 2.35. The number of piperidine rings is 1. The molecule has 37 heavy (non-hydrogen) atoms. The first kappa shape index (κ1) is 25.9. The Morgan fingerprint density at radius 2 is 1.84 bits per heavy atom. The number of nitrogens with one attached hydrogen (secondary N) is 3. The quantitative estimate of drug-likeness (QED) is 0.332. The summed E-state index contributed by atoms with van der Waals surface area (Å²) in [6.07, 6.45) is 3.01. The molecule has 194 valence electrons. The molecule has 2 aromatic carbocycles. The number of ketones is 1. The summed E-state index contributed by atoms with van der Waals surface area (Å²) in [6.45, 7) is -0.439. The van der Waals surface area contributed by atoms with Gasteiger partial charge in [0.2, 0.25) is 5.91 Å². The Labute approximate surface area is 213 Å². The normalized spacial score (nSPS) is 16.2. The van der Waals surface area contributed by atoms with Gasteiger partial charge in [-0.15, -0.1) is 0 Å². The lowest BCUT2D eigenvalue weighted by atomic mass is 9.99. The second-order valence-corrected chi connectivity index (χ2v) is 9.06. The van der Waals surface area contributed by atoms with E-state index in [0.29, 0.717) is 37.9 Å². The number of aromatic amines is 1. The van der Waals surface area contributed by atoms with E-state index in [4.69, 9.17) is 5.11 Å². The molecule has 1 aliphatic rings. The summed E-state index contributed by atoms with van der Waals surface area (Å²) in [5, 5.41) is 15.8. The molecule has 2 amide bonds. The number of para-hydroxylation sites is 1. The van der Waals surface area contributed by atoms with Crippen LogP contribution in [-0.2, 0) is 20.9 Å². The van der Waals surface area contributed by atoms with Gasteiger partial charge in [-0.3, -0.25) is 19.2 Å². The van der Waals surface area contributed by atoms with Crippen LogP contribution in [0.4, 0.5) is 10.1 Å². The van der Waals surface area contributed by atoms with Crippen LogP contribution in [0.25, 0.3) is 10.9 Å². The summed E-state index contributed by atoms with van der Waals surface area (Å²) in [5.41, 5.74) is 3.41. The third kappa shape index (κ3) is 6.14. The highest BCUT2D eigenvalue weighted by Crippen LogP contribution is 2.22. The molecule has 1 aliphatic heterocycles. The number of hydrogen-bond donors (Lipinski definition) is 4. The Morgan fingerprint density at radius 1 is 1.08 bits per heavy atom. The van der Waals surface area contributed by atoms with E-state index < -0.39 is 42.8 Å². The third-order valence-electron chi connectivity index (χ3n) is 6.57. The molecule has 3 aromatic rings. The fraction of sp³-hybridized carbons (Fsp3) is 0.333. The average molecular weight is 509 g/mol. The number of likely N-dealkylation sites (tertiary alicyclic amines) is 1. The first-order valence-corrected chi connectivity index (χ1v) is 12.2. The molecule has 0 aliphatic carbocycles. The highest BCUT2D eigenvalue weighted by atomic mass is 19.1. The largest absolute Gasteiger partial charge is 0.481 e. The summed E-state index contributed by atoms with van der Waals surface area (Å²) in [6, 6.07) is 12.6. The Bertz CT molecular complexity index is 1290. The van der Waals surface area contributed by atoms with E-state index in [1.54, 1.807) is 24.3 Å². The van der Waals surface area contributed by atoms with Crippen LogP contribution >= 0.6 is 0 Å². The van der Waals surface area contributed by atoms with Gasteiger partial charge in [-0.25, -0.2) is 4.39 Å². The molecule has 1 aromatic heterocycles. The van der Waals surface area contributed by atoms with Gasteiger partial charge in [-0.1, -0.05) is 18.2 Å². The number of benzene rings is 2. The van der Waals surface area contributed by atoms with Gasteiger partial charge < -0.3 is 25.6 Å². The zero-order chi connectivity index (χ0) is 26.4. The van der Waals surface area contributed by atoms with E-state index in [2.05, 4.69) is 15.6 Å². The average Bonchev–Trinajstić information content (AvgIpc) is 3.33. The Balaban J connectivity index is 1.41. The Hall–Kier alpha value is -4.21. The van der Waals surface area contributed by atoms with Crippen LogP contribution in [0, 0.1) is 0 Å². The molecule has 4 rings (SSSR count). The standard InChI is InChI=1S/C27H29FN4O5/c28-14-24(33)22(13-25(34)35)31-26(36)23-7-3-4-12-32(23)27(37)17-8-10-19(11-9-17)29-15-18-16-30-21-6-2-1-5-20(18)21/h1-2,5-6,8-11,16,22-23,29-30H,3-4,7,12-15H2,(H,31,36)(H,34,35)/t22?,23-/m0/s1. The molecular weight excluding hydrogens is 479 g/mol. The summed E-state index contributed by atoms with van der Waals surface area (Å²) >= 11 is 0. The van der Waals surface area contributed by atoms with Gasteiger partial charge in [0.25, 0.3) is 5.91 Å². The maximum atomic E-state index is 13.3. The lowest BCUT2D eigenvalue weighted by Crippen LogP contribution is -2.55. The van der Waals surface area contributed by atoms with Crippen molar-refractivity contribution in [2.75, 3.05) is 18.5 Å². The summed E-state index contributed by atoms with van der Waals surface area (Å²) in [5.74, 6) is -3.34. The number of carbonyl (C=O) groups is 4. The minimum absolute atomic E-state index is 0.338. The minimum Gasteiger partial charge on any atom is -0.481 e. The molecular formula is C27H29FN4O5. The Morgan fingerprint density at radius 3 is 2.57 bits per heavy atom. The number of carboxylic acids is 1. The number of alkyl halides is 1. The first-order valence-electron chi connectivity index (χ1n) is 12.2. The highest BCUT2D eigenvalue weighted by molar-refractivity contribution is 5.99. The smallest absolute Gasteiger partial charge is 0.305 e. The van der Waals surface area contributed by atoms with Crippen LogP contribution in [0.5, 0.6) is 0 Å². The van der Waals surface area contributed by atoms with Gasteiger partial charge in [0.05, 0.1) is 6.42 Å². The Kier molecular flexibility index (Phi) is 8.17. The fourth-order valence-electron chi connectivity index (χ4n) is 4.60. The molecule has 0 radical (unpaired) electrons. The van der Waals surface area contributed by atoms with Crippen LogP contribution < -0.4 is 10.6 Å². The van der Waals surface area contributed by atoms with Gasteiger partial charge in [-0.2, -0.15) is 0 Å². The van der Waals surface area contributed by atoms with Crippen LogP contribution in [0.3, 0.4) is 0 Å². The lowest BCUT2D eigenvalue weighted by Gasteiger charge is -2.35. The molecule has 2 atom stereocenters. The zero-order valence-corrected chi connectivity index (χ0v) is 20.2. The number of aromatic nitrogens is 1. The van der Waals surface area contributed by atoms with Crippen LogP contribution in [0.1, 0.15) is 41.6 Å². The number of fused-ring (bicyclic) bond motifs is 1. The van der Waals surface area contributed by atoms with Crippen molar-refractivity contribution in [3.8, 4) is 0 Å². The fourth-order valence-corrected chi connectivity index (χ4v) is 4.60. The predicted octanol–water partition coefficient (Wildman–Crippen LogP) is 3.27. The van der Waals surface area contributed by atoms with Gasteiger partial charge in [0.1, 0.15) is 18.8 Å². The molecule has 4 N–H and O–H groups in total. The number of H-pyrrole nitrogens is 1. The van der Waals surface area contributed by atoms with Crippen molar-refractivity contribution in [3.05, 3.63) is 65.9 Å². The van der Waals surface area contributed by atoms with Crippen molar-refractivity contribution in [3.63, 3.8) is 0 Å². The molecule has 9 nitrogen and oxygen atoms in total. The number of halogens is 1. The second kappa shape index (κ2) is 11.7. The van der Waals surface area contributed by atoms with Gasteiger partial charge in [0, 0.05) is 41.4 Å². The van der Waals surface area contributed by atoms with Crippen molar-refractivity contribution < 1.29 is 28.7 Å². The first-order chi connectivity index (χ1) is 17.9. The molecule has 2 heterocycles. The van der Waals surface area contributed by atoms with E-state index in [1.807, 2.05) is 30.5 Å². The number of nitrogens with zero attached hydrogens (tertiary/aromatic N) is 1. The number of hydrogen-bond acceptors (Lipinski definition) is 5. The predicted molar refractivity (Wildman–Crippen MR) is 136 cm³/mol. The summed E-state index contributed by atoms with van der Waals surface area (Å²) in [4.78, 5) is 53.7. The second-order valence-electron chi connectivity index (χ2n) is 9.06. The van der Waals surface area contributed by atoms with Gasteiger partial charge >= 0.3 is 5.97 Å². The topological polar surface area (TPSA) is 132 Å². The molecule has 0 saturated carbocycles.